The molecule has 0 amide bonds. The van der Waals surface area contributed by atoms with E-state index in [0.29, 0.717) is 94.9 Å². The van der Waals surface area contributed by atoms with Crippen LogP contribution in [-0.4, -0.2) is 129 Å². The van der Waals surface area contributed by atoms with E-state index in [1.165, 1.54) is 0 Å². The van der Waals surface area contributed by atoms with Crippen molar-refractivity contribution < 1.29 is 42.3 Å². The predicted molar refractivity (Wildman–Crippen MR) is 199 cm³/mol. The van der Waals surface area contributed by atoms with Crippen LogP contribution in [0.5, 0.6) is 0 Å². The lowest BCUT2D eigenvalue weighted by Crippen LogP contribution is -2.49. The van der Waals surface area contributed by atoms with E-state index < -0.39 is 8.32 Å². The largest absolute Gasteiger partial charge is 0.412 e. The van der Waals surface area contributed by atoms with Crippen molar-refractivity contribution in [3.8, 4) is 0 Å². The molecule has 0 rings (SSSR count). The summed E-state index contributed by atoms with van der Waals surface area (Å²) in [5.41, 5.74) is 0.0566. The van der Waals surface area contributed by atoms with Crippen molar-refractivity contribution >= 4 is 17.8 Å². The zero-order valence-corrected chi connectivity index (χ0v) is 35.3. The standard InChI is InChI=1S/C28H60O8Si.C5H12O.C2H8Si/c1-9-29-15-16-31-19-20-33-23-24-35-26-25-34-22-21-32-18-17-30-14-12-10-11-13-28(5,27(2,3)4)36-37(6,7)8;1-4-5(2)6-3;1-3-2/h9-26H2,1-8H3;5H,4H2,1-3H3;3H2,1-2H3. The molecule has 0 spiro atoms. The monoisotopic (exact) mass is 701 g/mol. The van der Waals surface area contributed by atoms with Crippen LogP contribution in [0.4, 0.5) is 0 Å². The second kappa shape index (κ2) is 34.9. The van der Waals surface area contributed by atoms with Gasteiger partial charge in [0.25, 0.3) is 0 Å². The van der Waals surface area contributed by atoms with Crippen LogP contribution in [0.1, 0.15) is 80.6 Å². The zero-order chi connectivity index (χ0) is 35.6. The number of ether oxygens (including phenoxy) is 8. The van der Waals surface area contributed by atoms with Crippen molar-refractivity contribution in [1.29, 1.82) is 0 Å². The van der Waals surface area contributed by atoms with Gasteiger partial charge in [0.15, 0.2) is 8.32 Å². The van der Waals surface area contributed by atoms with Gasteiger partial charge in [0.05, 0.1) is 91.0 Å². The summed E-state index contributed by atoms with van der Waals surface area (Å²) >= 11 is 0. The molecule has 0 aliphatic rings. The molecule has 0 aromatic carbocycles. The van der Waals surface area contributed by atoms with Crippen LogP contribution in [0, 0.1) is 5.41 Å². The smallest absolute Gasteiger partial charge is 0.184 e. The van der Waals surface area contributed by atoms with E-state index in [0.717, 1.165) is 45.3 Å². The topological polar surface area (TPSA) is 83.1 Å². The maximum atomic E-state index is 6.60. The first kappa shape index (κ1) is 50.5. The summed E-state index contributed by atoms with van der Waals surface area (Å²) in [6.45, 7) is 35.1. The van der Waals surface area contributed by atoms with Gasteiger partial charge in [-0.2, -0.15) is 0 Å². The van der Waals surface area contributed by atoms with Gasteiger partial charge in [0.2, 0.25) is 0 Å². The molecule has 0 aromatic heterocycles. The normalized spacial score (nSPS) is 13.8. The van der Waals surface area contributed by atoms with Crippen molar-refractivity contribution in [3.05, 3.63) is 0 Å². The van der Waals surface area contributed by atoms with Gasteiger partial charge in [-0.25, -0.2) is 0 Å². The summed E-state index contributed by atoms with van der Waals surface area (Å²) in [4.78, 5) is 0. The Labute approximate surface area is 289 Å². The van der Waals surface area contributed by atoms with Crippen LogP contribution >= 0.6 is 0 Å². The molecule has 2 unspecified atom stereocenters. The van der Waals surface area contributed by atoms with E-state index >= 15 is 0 Å². The molecule has 0 saturated carbocycles. The summed E-state index contributed by atoms with van der Waals surface area (Å²) in [6, 6.07) is 0. The number of rotatable bonds is 29. The Balaban J connectivity index is -0.00000179. The molecular formula is C35H80O9Si2. The van der Waals surface area contributed by atoms with Gasteiger partial charge in [-0.1, -0.05) is 53.6 Å². The lowest BCUT2D eigenvalue weighted by atomic mass is 9.75. The van der Waals surface area contributed by atoms with Crippen LogP contribution in [-0.2, 0) is 42.3 Å². The number of unbranched alkanes of at least 4 members (excludes halogenated alkanes) is 2. The van der Waals surface area contributed by atoms with Gasteiger partial charge in [0.1, 0.15) is 0 Å². The Kier molecular flexibility index (Phi) is 38.3. The molecule has 0 bridgehead atoms. The number of hydrogen-bond donors (Lipinski definition) is 0. The molecule has 0 N–H and O–H groups in total. The molecule has 2 atom stereocenters. The van der Waals surface area contributed by atoms with Crippen LogP contribution in [0.15, 0.2) is 0 Å². The fourth-order valence-electron chi connectivity index (χ4n) is 3.73. The third kappa shape index (κ3) is 38.5. The van der Waals surface area contributed by atoms with Crippen LogP contribution in [0.2, 0.25) is 32.7 Å². The van der Waals surface area contributed by atoms with Crippen LogP contribution in [0.25, 0.3) is 0 Å². The molecular weight excluding hydrogens is 621 g/mol. The summed E-state index contributed by atoms with van der Waals surface area (Å²) in [5, 5.41) is 0. The SMILES string of the molecule is CCC(C)OC.CCOCCOCCOCCOCCOCCOCCOCCCCCC(C)(O[Si](C)(C)C)C(C)(C)C.C[SiH2]C. The fourth-order valence-corrected chi connectivity index (χ4v) is 5.49. The van der Waals surface area contributed by atoms with Crippen LogP contribution < -0.4 is 0 Å². The van der Waals surface area contributed by atoms with Crippen LogP contribution in [0.3, 0.4) is 0 Å². The Morgan fingerprint density at radius 1 is 0.565 bits per heavy atom. The van der Waals surface area contributed by atoms with E-state index in [1.54, 1.807) is 7.11 Å². The van der Waals surface area contributed by atoms with Crippen molar-refractivity contribution in [2.75, 3.05) is 99.6 Å². The number of methoxy groups -OCH3 is 1. The highest BCUT2D eigenvalue weighted by Crippen LogP contribution is 2.39. The molecule has 9 nitrogen and oxygen atoms in total. The molecule has 46 heavy (non-hydrogen) atoms. The molecule has 0 radical (unpaired) electrons. The summed E-state index contributed by atoms with van der Waals surface area (Å²) in [6.07, 6.45) is 6.03. The van der Waals surface area contributed by atoms with E-state index in [9.17, 15) is 0 Å². The van der Waals surface area contributed by atoms with E-state index in [1.807, 2.05) is 6.92 Å². The summed E-state index contributed by atoms with van der Waals surface area (Å²) < 4.78 is 49.7. The summed E-state index contributed by atoms with van der Waals surface area (Å²) in [5.74, 6) is 0. The average Bonchev–Trinajstić information content (AvgIpc) is 2.98. The lowest BCUT2D eigenvalue weighted by molar-refractivity contribution is -0.0332. The first-order chi connectivity index (χ1) is 21.7. The van der Waals surface area contributed by atoms with Gasteiger partial charge in [-0.05, 0) is 65.1 Å². The number of hydrogen-bond acceptors (Lipinski definition) is 9. The Hall–Kier alpha value is 0.0738. The Bertz CT molecular complexity index is 585. The van der Waals surface area contributed by atoms with E-state index in [-0.39, 0.29) is 11.0 Å². The van der Waals surface area contributed by atoms with Crippen molar-refractivity contribution in [1.82, 2.24) is 0 Å². The quantitative estimate of drug-likeness (QED) is 0.0604. The average molecular weight is 701 g/mol. The maximum Gasteiger partial charge on any atom is 0.184 e. The van der Waals surface area contributed by atoms with Gasteiger partial charge >= 0.3 is 0 Å². The minimum Gasteiger partial charge on any atom is -0.412 e. The molecule has 0 fully saturated rings. The highest BCUT2D eigenvalue weighted by atomic mass is 28.4. The first-order valence-electron chi connectivity index (χ1n) is 18.0. The van der Waals surface area contributed by atoms with Gasteiger partial charge < -0.3 is 42.3 Å². The fraction of sp³-hybridized carbons (Fsp3) is 1.00. The second-order valence-corrected chi connectivity index (χ2v) is 19.4. The van der Waals surface area contributed by atoms with Gasteiger partial charge in [-0.3, -0.25) is 0 Å². The Morgan fingerprint density at radius 2 is 0.913 bits per heavy atom. The molecule has 0 aliphatic carbocycles. The third-order valence-electron chi connectivity index (χ3n) is 6.97. The first-order valence-corrected chi connectivity index (χ1v) is 24.2. The maximum absolute atomic E-state index is 6.60. The minimum absolute atomic E-state index is 0.0751. The second-order valence-electron chi connectivity index (χ2n) is 13.5. The summed E-state index contributed by atoms with van der Waals surface area (Å²) in [7, 11) is 0.560. The highest BCUT2D eigenvalue weighted by molar-refractivity contribution is 6.69. The van der Waals surface area contributed by atoms with Gasteiger partial charge in [-0.15, -0.1) is 0 Å². The highest BCUT2D eigenvalue weighted by Gasteiger charge is 2.41. The van der Waals surface area contributed by atoms with Crippen molar-refractivity contribution in [2.24, 2.45) is 5.41 Å². The van der Waals surface area contributed by atoms with E-state index in [4.69, 9.17) is 42.3 Å². The minimum atomic E-state index is -1.59. The molecule has 0 aliphatic heterocycles. The van der Waals surface area contributed by atoms with E-state index in [2.05, 4.69) is 74.3 Å². The third-order valence-corrected chi connectivity index (χ3v) is 8.04. The molecule has 0 heterocycles. The van der Waals surface area contributed by atoms with Crippen molar-refractivity contribution in [3.63, 3.8) is 0 Å². The van der Waals surface area contributed by atoms with Gasteiger partial charge in [0, 0.05) is 29.8 Å². The van der Waals surface area contributed by atoms with Crippen molar-refractivity contribution in [2.45, 2.75) is 125 Å². The molecule has 0 saturated heterocycles. The molecule has 282 valence electrons. The molecule has 0 aromatic rings. The predicted octanol–water partition coefficient (Wildman–Crippen LogP) is 7.02. The zero-order valence-electron chi connectivity index (χ0n) is 32.9. The lowest BCUT2D eigenvalue weighted by Gasteiger charge is -2.46. The Morgan fingerprint density at radius 3 is 1.17 bits per heavy atom. The molecule has 11 heteroatoms.